The average molecular weight is 266 g/mol. The molecular formula is C17H14O3. The molecule has 100 valence electrons. The van der Waals surface area contributed by atoms with Crippen LogP contribution in [0.15, 0.2) is 60.2 Å². The lowest BCUT2D eigenvalue weighted by Gasteiger charge is -2.07. The molecule has 1 heterocycles. The fourth-order valence-corrected chi connectivity index (χ4v) is 2.27. The van der Waals surface area contributed by atoms with Crippen molar-refractivity contribution < 1.29 is 14.6 Å². The number of hydrogen-bond donors (Lipinski definition) is 1. The molecule has 1 atom stereocenters. The van der Waals surface area contributed by atoms with Crippen molar-refractivity contribution >= 4 is 12.0 Å². The molecule has 2 aromatic rings. The Labute approximate surface area is 117 Å². The van der Waals surface area contributed by atoms with Gasteiger partial charge in [-0.2, -0.15) is 0 Å². The highest BCUT2D eigenvalue weighted by Crippen LogP contribution is 2.33. The number of hydrogen-bond acceptors (Lipinski definition) is 3. The quantitative estimate of drug-likeness (QED) is 0.668. The molecule has 0 bridgehead atoms. The number of carbonyl (C=O) groups excluding carboxylic acids is 1. The Hall–Kier alpha value is -2.55. The van der Waals surface area contributed by atoms with E-state index in [1.54, 1.807) is 24.3 Å². The van der Waals surface area contributed by atoms with Gasteiger partial charge < -0.3 is 9.84 Å². The number of esters is 1. The topological polar surface area (TPSA) is 46.5 Å². The number of cyclic esters (lactones) is 1. The zero-order valence-electron chi connectivity index (χ0n) is 10.8. The molecule has 0 aliphatic carbocycles. The first-order valence-corrected chi connectivity index (χ1v) is 6.48. The van der Waals surface area contributed by atoms with E-state index in [0.29, 0.717) is 12.0 Å². The largest absolute Gasteiger partial charge is 0.508 e. The van der Waals surface area contributed by atoms with E-state index < -0.39 is 0 Å². The molecule has 1 fully saturated rings. The minimum Gasteiger partial charge on any atom is -0.508 e. The summed E-state index contributed by atoms with van der Waals surface area (Å²) in [7, 11) is 0. The van der Waals surface area contributed by atoms with Crippen molar-refractivity contribution in [1.29, 1.82) is 0 Å². The van der Waals surface area contributed by atoms with E-state index in [-0.39, 0.29) is 17.8 Å². The number of carbonyl (C=O) groups is 1. The standard InChI is InChI=1S/C17H14O3/c18-15-8-6-12(7-9-15)10-14-11-16(20-17(14)19)13-4-2-1-3-5-13/h1-10,16,18H,11H2/b14-10+. The molecule has 3 heteroatoms. The summed E-state index contributed by atoms with van der Waals surface area (Å²) in [6.45, 7) is 0. The summed E-state index contributed by atoms with van der Waals surface area (Å²) in [6.07, 6.45) is 2.18. The van der Waals surface area contributed by atoms with Crippen LogP contribution in [0.4, 0.5) is 0 Å². The van der Waals surface area contributed by atoms with Crippen LogP contribution in [0.5, 0.6) is 5.75 Å². The second-order valence-corrected chi connectivity index (χ2v) is 4.77. The van der Waals surface area contributed by atoms with Gasteiger partial charge in [0.15, 0.2) is 0 Å². The van der Waals surface area contributed by atoms with E-state index in [4.69, 9.17) is 4.74 Å². The molecule has 1 saturated heterocycles. The van der Waals surface area contributed by atoms with Gasteiger partial charge in [-0.25, -0.2) is 4.79 Å². The van der Waals surface area contributed by atoms with Crippen molar-refractivity contribution in [1.82, 2.24) is 0 Å². The average Bonchev–Trinajstić information content (AvgIpc) is 2.84. The number of ether oxygens (including phenoxy) is 1. The van der Waals surface area contributed by atoms with Crippen LogP contribution >= 0.6 is 0 Å². The van der Waals surface area contributed by atoms with Crippen molar-refractivity contribution in [2.75, 3.05) is 0 Å². The smallest absolute Gasteiger partial charge is 0.334 e. The van der Waals surface area contributed by atoms with Crippen molar-refractivity contribution in [2.45, 2.75) is 12.5 Å². The Morgan fingerprint density at radius 1 is 1.05 bits per heavy atom. The van der Waals surface area contributed by atoms with Crippen molar-refractivity contribution in [2.24, 2.45) is 0 Å². The van der Waals surface area contributed by atoms with Gasteiger partial charge in [0.1, 0.15) is 11.9 Å². The molecule has 1 aliphatic rings. The van der Waals surface area contributed by atoms with Crippen molar-refractivity contribution in [3.05, 3.63) is 71.3 Å². The third-order valence-corrected chi connectivity index (χ3v) is 3.32. The second-order valence-electron chi connectivity index (χ2n) is 4.77. The second kappa shape index (κ2) is 5.21. The SMILES string of the molecule is O=C1OC(c2ccccc2)C/C1=C\c1ccc(O)cc1. The predicted octanol–water partition coefficient (Wildman–Crippen LogP) is 3.46. The first-order chi connectivity index (χ1) is 9.72. The molecular weight excluding hydrogens is 252 g/mol. The van der Waals surface area contributed by atoms with Gasteiger partial charge in [0.25, 0.3) is 0 Å². The van der Waals surface area contributed by atoms with Crippen LogP contribution in [0, 0.1) is 0 Å². The first kappa shape index (κ1) is 12.5. The molecule has 0 radical (unpaired) electrons. The maximum atomic E-state index is 11.9. The van der Waals surface area contributed by atoms with E-state index in [9.17, 15) is 9.90 Å². The summed E-state index contributed by atoms with van der Waals surface area (Å²) < 4.78 is 5.40. The maximum absolute atomic E-state index is 11.9. The monoisotopic (exact) mass is 266 g/mol. The number of aromatic hydroxyl groups is 1. The molecule has 1 N–H and O–H groups in total. The Kier molecular flexibility index (Phi) is 3.25. The van der Waals surface area contributed by atoms with Crippen LogP contribution in [0.25, 0.3) is 6.08 Å². The van der Waals surface area contributed by atoms with Gasteiger partial charge in [-0.15, -0.1) is 0 Å². The summed E-state index contributed by atoms with van der Waals surface area (Å²) in [5.74, 6) is -0.0600. The highest BCUT2D eigenvalue weighted by atomic mass is 16.5. The van der Waals surface area contributed by atoms with Gasteiger partial charge >= 0.3 is 5.97 Å². The van der Waals surface area contributed by atoms with Crippen molar-refractivity contribution in [3.8, 4) is 5.75 Å². The predicted molar refractivity (Wildman–Crippen MR) is 76.0 cm³/mol. The third-order valence-electron chi connectivity index (χ3n) is 3.32. The molecule has 2 aromatic carbocycles. The van der Waals surface area contributed by atoms with E-state index >= 15 is 0 Å². The van der Waals surface area contributed by atoms with E-state index in [1.807, 2.05) is 36.4 Å². The lowest BCUT2D eigenvalue weighted by atomic mass is 10.0. The van der Waals surface area contributed by atoms with Gasteiger partial charge in [-0.3, -0.25) is 0 Å². The summed E-state index contributed by atoms with van der Waals surface area (Å²) in [6, 6.07) is 16.5. The lowest BCUT2D eigenvalue weighted by Crippen LogP contribution is -1.98. The van der Waals surface area contributed by atoms with Crippen LogP contribution in [0.3, 0.4) is 0 Å². The van der Waals surface area contributed by atoms with Gasteiger partial charge in [0.2, 0.25) is 0 Å². The van der Waals surface area contributed by atoms with E-state index in [0.717, 1.165) is 11.1 Å². The van der Waals surface area contributed by atoms with Gasteiger partial charge in [0.05, 0.1) is 0 Å². The number of benzene rings is 2. The summed E-state index contributed by atoms with van der Waals surface area (Å²) in [4.78, 5) is 11.9. The minimum absolute atomic E-state index is 0.202. The van der Waals surface area contributed by atoms with Crippen LogP contribution in [0.2, 0.25) is 0 Å². The molecule has 0 saturated carbocycles. The highest BCUT2D eigenvalue weighted by Gasteiger charge is 2.29. The normalized spacial score (nSPS) is 20.1. The lowest BCUT2D eigenvalue weighted by molar-refractivity contribution is -0.139. The fraction of sp³-hybridized carbons (Fsp3) is 0.118. The Bertz CT molecular complexity index is 642. The molecule has 20 heavy (non-hydrogen) atoms. The van der Waals surface area contributed by atoms with Crippen LogP contribution < -0.4 is 0 Å². The van der Waals surface area contributed by atoms with Gasteiger partial charge in [-0.1, -0.05) is 42.5 Å². The molecule has 0 amide bonds. The molecule has 1 aliphatic heterocycles. The van der Waals surface area contributed by atoms with E-state index in [1.165, 1.54) is 0 Å². The molecule has 1 unspecified atom stereocenters. The van der Waals surface area contributed by atoms with E-state index in [2.05, 4.69) is 0 Å². The van der Waals surface area contributed by atoms with Crippen molar-refractivity contribution in [3.63, 3.8) is 0 Å². The van der Waals surface area contributed by atoms with Crippen LogP contribution in [0.1, 0.15) is 23.7 Å². The number of phenols is 1. The Balaban J connectivity index is 1.82. The summed E-state index contributed by atoms with van der Waals surface area (Å²) in [5.41, 5.74) is 2.54. The number of phenolic OH excluding ortho intramolecular Hbond substituents is 1. The minimum atomic E-state index is -0.271. The Morgan fingerprint density at radius 3 is 2.45 bits per heavy atom. The third kappa shape index (κ3) is 2.57. The Morgan fingerprint density at radius 2 is 1.75 bits per heavy atom. The maximum Gasteiger partial charge on any atom is 0.334 e. The van der Waals surface area contributed by atoms with Gasteiger partial charge in [-0.05, 0) is 29.3 Å². The van der Waals surface area contributed by atoms with Crippen LogP contribution in [-0.4, -0.2) is 11.1 Å². The zero-order chi connectivity index (χ0) is 13.9. The summed E-state index contributed by atoms with van der Waals surface area (Å²) in [5, 5.41) is 9.25. The molecule has 0 aromatic heterocycles. The van der Waals surface area contributed by atoms with Gasteiger partial charge in [0, 0.05) is 12.0 Å². The highest BCUT2D eigenvalue weighted by molar-refractivity contribution is 5.95. The fourth-order valence-electron chi connectivity index (χ4n) is 2.27. The molecule has 3 nitrogen and oxygen atoms in total. The summed E-state index contributed by atoms with van der Waals surface area (Å²) >= 11 is 0. The number of rotatable bonds is 2. The molecule has 0 spiro atoms. The zero-order valence-corrected chi connectivity index (χ0v) is 10.8. The first-order valence-electron chi connectivity index (χ1n) is 6.48. The van der Waals surface area contributed by atoms with Crippen LogP contribution in [-0.2, 0) is 9.53 Å². The molecule has 3 rings (SSSR count).